The van der Waals surface area contributed by atoms with Gasteiger partial charge in [-0.15, -0.1) is 0 Å². The van der Waals surface area contributed by atoms with E-state index in [-0.39, 0.29) is 5.56 Å². The fourth-order valence-corrected chi connectivity index (χ4v) is 2.00. The van der Waals surface area contributed by atoms with Gasteiger partial charge in [-0.2, -0.15) is 0 Å². The second-order valence-electron chi connectivity index (χ2n) is 4.15. The lowest BCUT2D eigenvalue weighted by atomic mass is 10.1. The van der Waals surface area contributed by atoms with Crippen LogP contribution in [-0.2, 0) is 6.54 Å². The molecule has 0 fully saturated rings. The molecule has 0 amide bonds. The number of aryl methyl sites for hydroxylation is 1. The predicted octanol–water partition coefficient (Wildman–Crippen LogP) is 3.35. The maximum Gasteiger partial charge on any atom is 0.337 e. The first kappa shape index (κ1) is 13.4. The van der Waals surface area contributed by atoms with Crippen molar-refractivity contribution < 1.29 is 9.90 Å². The number of nitrogens with one attached hydrogen (secondary N) is 1. The van der Waals surface area contributed by atoms with Gasteiger partial charge >= 0.3 is 5.97 Å². The van der Waals surface area contributed by atoms with Crippen molar-refractivity contribution in [2.24, 2.45) is 0 Å². The van der Waals surface area contributed by atoms with Crippen LogP contribution >= 0.6 is 11.6 Å². The number of aromatic nitrogens is 1. The molecule has 1 aromatic heterocycles. The fourth-order valence-electron chi connectivity index (χ4n) is 1.77. The van der Waals surface area contributed by atoms with Crippen LogP contribution in [0.5, 0.6) is 0 Å². The molecule has 0 aliphatic rings. The van der Waals surface area contributed by atoms with Crippen molar-refractivity contribution in [3.8, 4) is 0 Å². The van der Waals surface area contributed by atoms with Gasteiger partial charge in [0.1, 0.15) is 0 Å². The van der Waals surface area contributed by atoms with Gasteiger partial charge in [-0.25, -0.2) is 4.79 Å². The third-order valence-electron chi connectivity index (χ3n) is 2.83. The monoisotopic (exact) mass is 276 g/mol. The van der Waals surface area contributed by atoms with Crippen LogP contribution in [0.25, 0.3) is 0 Å². The first-order valence-corrected chi connectivity index (χ1v) is 6.12. The lowest BCUT2D eigenvalue weighted by molar-refractivity contribution is 0.0698. The zero-order valence-corrected chi connectivity index (χ0v) is 11.1. The number of rotatable bonds is 4. The Kier molecular flexibility index (Phi) is 4.02. The number of carboxylic acid groups (broad SMARTS) is 1. The number of pyridine rings is 1. The lowest BCUT2D eigenvalue weighted by Gasteiger charge is -2.11. The highest BCUT2D eigenvalue weighted by molar-refractivity contribution is 6.30. The number of hydrogen-bond acceptors (Lipinski definition) is 3. The van der Waals surface area contributed by atoms with Crippen LogP contribution in [0.2, 0.25) is 5.02 Å². The Morgan fingerprint density at radius 3 is 2.89 bits per heavy atom. The summed E-state index contributed by atoms with van der Waals surface area (Å²) in [7, 11) is 0. The summed E-state index contributed by atoms with van der Waals surface area (Å²) in [5.74, 6) is -0.974. The van der Waals surface area contributed by atoms with E-state index in [0.717, 1.165) is 11.1 Å². The van der Waals surface area contributed by atoms with Crippen molar-refractivity contribution in [3.63, 3.8) is 0 Å². The fraction of sp³-hybridized carbons (Fsp3) is 0.143. The molecule has 2 rings (SSSR count). The number of benzene rings is 1. The Bertz CT molecular complexity index is 614. The van der Waals surface area contributed by atoms with Gasteiger partial charge < -0.3 is 10.4 Å². The first-order chi connectivity index (χ1) is 9.08. The number of nitrogens with zero attached hydrogens (tertiary/aromatic N) is 1. The quantitative estimate of drug-likeness (QED) is 0.899. The molecule has 0 radical (unpaired) electrons. The molecule has 0 bridgehead atoms. The van der Waals surface area contributed by atoms with Crippen molar-refractivity contribution in [1.29, 1.82) is 0 Å². The van der Waals surface area contributed by atoms with Gasteiger partial charge in [-0.1, -0.05) is 17.7 Å². The summed E-state index contributed by atoms with van der Waals surface area (Å²) >= 11 is 5.89. The Balaban J connectivity index is 2.17. The van der Waals surface area contributed by atoms with E-state index in [9.17, 15) is 4.79 Å². The predicted molar refractivity (Wildman–Crippen MR) is 74.7 cm³/mol. The van der Waals surface area contributed by atoms with Gasteiger partial charge in [-0.05, 0) is 36.2 Å². The summed E-state index contributed by atoms with van der Waals surface area (Å²) in [4.78, 5) is 15.0. The molecule has 0 atom stereocenters. The van der Waals surface area contributed by atoms with E-state index in [4.69, 9.17) is 16.7 Å². The minimum absolute atomic E-state index is 0.210. The van der Waals surface area contributed by atoms with Crippen LogP contribution in [0.1, 0.15) is 21.5 Å². The summed E-state index contributed by atoms with van der Waals surface area (Å²) in [5.41, 5.74) is 2.83. The standard InChI is InChI=1S/C14H13ClN2O2/c1-9-6-11(15)3-2-10(9)7-17-13-8-16-5-4-12(13)14(18)19/h2-6,8,17H,7H2,1H3,(H,18,19). The molecule has 0 aliphatic carbocycles. The number of anilines is 1. The van der Waals surface area contributed by atoms with E-state index in [1.165, 1.54) is 18.5 Å². The molecule has 0 unspecified atom stereocenters. The number of hydrogen-bond donors (Lipinski definition) is 2. The molecule has 4 nitrogen and oxygen atoms in total. The topological polar surface area (TPSA) is 62.2 Å². The first-order valence-electron chi connectivity index (χ1n) is 5.74. The molecule has 19 heavy (non-hydrogen) atoms. The summed E-state index contributed by atoms with van der Waals surface area (Å²) in [6, 6.07) is 7.08. The highest BCUT2D eigenvalue weighted by atomic mass is 35.5. The average molecular weight is 277 g/mol. The van der Waals surface area contributed by atoms with Gasteiger partial charge in [0, 0.05) is 17.8 Å². The van der Waals surface area contributed by atoms with Crippen LogP contribution in [0, 0.1) is 6.92 Å². The highest BCUT2D eigenvalue weighted by Gasteiger charge is 2.09. The minimum Gasteiger partial charge on any atom is -0.478 e. The third kappa shape index (κ3) is 3.23. The van der Waals surface area contributed by atoms with Crippen LogP contribution in [-0.4, -0.2) is 16.1 Å². The maximum absolute atomic E-state index is 11.1. The van der Waals surface area contributed by atoms with E-state index < -0.39 is 5.97 Å². The highest BCUT2D eigenvalue weighted by Crippen LogP contribution is 2.18. The smallest absolute Gasteiger partial charge is 0.337 e. The Morgan fingerprint density at radius 1 is 1.42 bits per heavy atom. The molecule has 1 aromatic carbocycles. The van der Waals surface area contributed by atoms with Crippen LogP contribution in [0.3, 0.4) is 0 Å². The van der Waals surface area contributed by atoms with Crippen molar-refractivity contribution in [2.45, 2.75) is 13.5 Å². The summed E-state index contributed by atoms with van der Waals surface area (Å²) in [6.07, 6.45) is 2.97. The Morgan fingerprint density at radius 2 is 2.21 bits per heavy atom. The molecule has 2 aromatic rings. The number of carboxylic acids is 1. The Labute approximate surface area is 116 Å². The van der Waals surface area contributed by atoms with Crippen LogP contribution in [0.4, 0.5) is 5.69 Å². The summed E-state index contributed by atoms with van der Waals surface area (Å²) < 4.78 is 0. The van der Waals surface area contributed by atoms with E-state index in [0.29, 0.717) is 17.3 Å². The van der Waals surface area contributed by atoms with Gasteiger partial charge in [0.2, 0.25) is 0 Å². The largest absolute Gasteiger partial charge is 0.478 e. The van der Waals surface area contributed by atoms with Crippen LogP contribution in [0.15, 0.2) is 36.7 Å². The molecule has 5 heteroatoms. The van der Waals surface area contributed by atoms with Gasteiger partial charge in [0.05, 0.1) is 17.4 Å². The molecular weight excluding hydrogens is 264 g/mol. The van der Waals surface area contributed by atoms with E-state index in [1.54, 1.807) is 0 Å². The zero-order valence-electron chi connectivity index (χ0n) is 10.4. The zero-order chi connectivity index (χ0) is 13.8. The third-order valence-corrected chi connectivity index (χ3v) is 3.06. The lowest BCUT2D eigenvalue weighted by Crippen LogP contribution is -2.07. The average Bonchev–Trinajstić information content (AvgIpc) is 2.38. The Hall–Kier alpha value is -2.07. The normalized spacial score (nSPS) is 10.2. The van der Waals surface area contributed by atoms with Gasteiger partial charge in [-0.3, -0.25) is 4.98 Å². The van der Waals surface area contributed by atoms with Crippen molar-refractivity contribution in [2.75, 3.05) is 5.32 Å². The van der Waals surface area contributed by atoms with E-state index in [2.05, 4.69) is 10.3 Å². The molecule has 98 valence electrons. The molecular formula is C14H13ClN2O2. The van der Waals surface area contributed by atoms with E-state index in [1.807, 2.05) is 25.1 Å². The van der Waals surface area contributed by atoms with Gasteiger partial charge in [0.15, 0.2) is 0 Å². The molecule has 1 heterocycles. The van der Waals surface area contributed by atoms with Crippen molar-refractivity contribution in [1.82, 2.24) is 4.98 Å². The number of halogens is 1. The maximum atomic E-state index is 11.1. The van der Waals surface area contributed by atoms with Gasteiger partial charge in [0.25, 0.3) is 0 Å². The summed E-state index contributed by atoms with van der Waals surface area (Å²) in [5, 5.41) is 12.8. The molecule has 0 saturated heterocycles. The molecule has 2 N–H and O–H groups in total. The molecule has 0 aliphatic heterocycles. The van der Waals surface area contributed by atoms with Crippen molar-refractivity contribution >= 4 is 23.3 Å². The second-order valence-corrected chi connectivity index (χ2v) is 4.59. The number of carbonyl (C=O) groups is 1. The second kappa shape index (κ2) is 5.71. The van der Waals surface area contributed by atoms with Crippen LogP contribution < -0.4 is 5.32 Å². The summed E-state index contributed by atoms with van der Waals surface area (Å²) in [6.45, 7) is 2.49. The van der Waals surface area contributed by atoms with Crippen molar-refractivity contribution in [3.05, 3.63) is 58.4 Å². The minimum atomic E-state index is -0.974. The molecule has 0 spiro atoms. The number of aromatic carboxylic acids is 1. The van der Waals surface area contributed by atoms with E-state index >= 15 is 0 Å². The molecule has 0 saturated carbocycles. The SMILES string of the molecule is Cc1cc(Cl)ccc1CNc1cnccc1C(=O)O.